The van der Waals surface area contributed by atoms with E-state index in [4.69, 9.17) is 0 Å². The molecule has 0 saturated carbocycles. The standard InChI is InChI=1S/C31H24F12N3O/c1-16(2)23-5-3-4-6-24(23)46-15-45-25(7-8-26(45)44-46)27(47,17-9-19(28(32,33)34)13-20(10-17)29(35,36)37)18-11-21(30(38,39)40)14-22(12-18)31(41,42)43/h3-6,9-16,25,47H,7-8H2,1-2H3/q+1. The second-order valence-corrected chi connectivity index (χ2v) is 11.5. The molecule has 0 spiro atoms. The third-order valence-electron chi connectivity index (χ3n) is 8.08. The van der Waals surface area contributed by atoms with Crippen molar-refractivity contribution in [3.8, 4) is 5.69 Å². The zero-order chi connectivity index (χ0) is 34.9. The topological polar surface area (TPSA) is 41.9 Å². The van der Waals surface area contributed by atoms with E-state index in [1.807, 2.05) is 13.8 Å². The molecule has 1 aromatic heterocycles. The number of halogens is 12. The van der Waals surface area contributed by atoms with Crippen molar-refractivity contribution in [2.45, 2.75) is 69.0 Å². The highest BCUT2D eigenvalue weighted by Gasteiger charge is 2.52. The molecule has 1 aliphatic rings. The molecule has 1 N–H and O–H groups in total. The van der Waals surface area contributed by atoms with E-state index >= 15 is 0 Å². The van der Waals surface area contributed by atoms with Crippen LogP contribution >= 0.6 is 0 Å². The molecule has 0 bridgehead atoms. The molecule has 3 aromatic carbocycles. The Morgan fingerprint density at radius 1 is 0.681 bits per heavy atom. The quantitative estimate of drug-likeness (QED) is 0.169. The van der Waals surface area contributed by atoms with Crippen LogP contribution in [-0.4, -0.2) is 14.9 Å². The van der Waals surface area contributed by atoms with Crippen LogP contribution < -0.4 is 4.57 Å². The fraction of sp³-hybridized carbons (Fsp3) is 0.355. The Morgan fingerprint density at radius 3 is 1.49 bits per heavy atom. The lowest BCUT2D eigenvalue weighted by molar-refractivity contribution is -0.731. The molecule has 0 aliphatic carbocycles. The fourth-order valence-electron chi connectivity index (χ4n) is 5.84. The number of fused-ring (bicyclic) bond motifs is 1. The van der Waals surface area contributed by atoms with Crippen molar-refractivity contribution in [2.75, 3.05) is 0 Å². The fourth-order valence-corrected chi connectivity index (χ4v) is 5.84. The Bertz CT molecular complexity index is 1660. The number of nitrogens with zero attached hydrogens (tertiary/aromatic N) is 3. The third-order valence-corrected chi connectivity index (χ3v) is 8.08. The van der Waals surface area contributed by atoms with Crippen molar-refractivity contribution in [1.82, 2.24) is 9.78 Å². The number of rotatable bonds is 5. The van der Waals surface area contributed by atoms with Crippen molar-refractivity contribution < 1.29 is 62.4 Å². The first-order chi connectivity index (χ1) is 21.5. The van der Waals surface area contributed by atoms with Crippen molar-refractivity contribution in [1.29, 1.82) is 0 Å². The van der Waals surface area contributed by atoms with Gasteiger partial charge in [-0.05, 0) is 71.5 Å². The zero-order valence-corrected chi connectivity index (χ0v) is 24.2. The van der Waals surface area contributed by atoms with Crippen LogP contribution in [-0.2, 0) is 36.7 Å². The lowest BCUT2D eigenvalue weighted by atomic mass is 9.77. The first kappa shape index (κ1) is 34.3. The van der Waals surface area contributed by atoms with Gasteiger partial charge < -0.3 is 5.11 Å². The molecule has 0 amide bonds. The summed E-state index contributed by atoms with van der Waals surface area (Å²) in [5.41, 5.74) is -12.2. The minimum absolute atomic E-state index is 0.0558. The number of aryl methyl sites for hydroxylation is 1. The maximum Gasteiger partial charge on any atom is 0.416 e. The molecular weight excluding hydrogens is 658 g/mol. The maximum atomic E-state index is 13.9. The van der Waals surface area contributed by atoms with Gasteiger partial charge >= 0.3 is 24.7 Å². The monoisotopic (exact) mass is 682 g/mol. The number of benzene rings is 3. The lowest BCUT2D eigenvalue weighted by Gasteiger charge is -2.35. The molecule has 16 heteroatoms. The van der Waals surface area contributed by atoms with E-state index in [1.54, 1.807) is 24.3 Å². The van der Waals surface area contributed by atoms with Gasteiger partial charge in [0.2, 0.25) is 6.33 Å². The third kappa shape index (κ3) is 6.43. The summed E-state index contributed by atoms with van der Waals surface area (Å²) in [7, 11) is 0. The van der Waals surface area contributed by atoms with Crippen LogP contribution in [0.25, 0.3) is 5.69 Å². The highest BCUT2D eigenvalue weighted by molar-refractivity contribution is 5.47. The predicted molar refractivity (Wildman–Crippen MR) is 141 cm³/mol. The molecule has 1 aliphatic heterocycles. The molecule has 252 valence electrons. The highest BCUT2D eigenvalue weighted by Crippen LogP contribution is 2.48. The normalized spacial score (nSPS) is 16.2. The number of aromatic nitrogens is 3. The first-order valence-corrected chi connectivity index (χ1v) is 13.9. The molecule has 0 fully saturated rings. The largest absolute Gasteiger partial charge is 0.416 e. The smallest absolute Gasteiger partial charge is 0.377 e. The second-order valence-electron chi connectivity index (χ2n) is 11.5. The summed E-state index contributed by atoms with van der Waals surface area (Å²) in [5.74, 6) is 0.0674. The van der Waals surface area contributed by atoms with Gasteiger partial charge in [-0.1, -0.05) is 36.7 Å². The van der Waals surface area contributed by atoms with Crippen molar-refractivity contribution in [2.24, 2.45) is 0 Å². The van der Waals surface area contributed by atoms with Crippen LogP contribution in [0.15, 0.2) is 67.0 Å². The van der Waals surface area contributed by atoms with Crippen molar-refractivity contribution in [3.05, 3.63) is 112 Å². The van der Waals surface area contributed by atoms with E-state index in [1.165, 1.54) is 11.0 Å². The predicted octanol–water partition coefficient (Wildman–Crippen LogP) is 8.78. The molecule has 5 rings (SSSR count). The van der Waals surface area contributed by atoms with Gasteiger partial charge in [-0.3, -0.25) is 0 Å². The summed E-state index contributed by atoms with van der Waals surface area (Å²) in [6.45, 7) is 3.73. The van der Waals surface area contributed by atoms with E-state index in [2.05, 4.69) is 5.10 Å². The van der Waals surface area contributed by atoms with Crippen LogP contribution in [0.1, 0.15) is 77.0 Å². The number of hydrogen-bond donors (Lipinski definition) is 1. The van der Waals surface area contributed by atoms with Gasteiger partial charge in [0.1, 0.15) is 17.3 Å². The molecule has 1 unspecified atom stereocenters. The lowest BCUT2D eigenvalue weighted by Crippen LogP contribution is -2.50. The Morgan fingerprint density at radius 2 is 1.09 bits per heavy atom. The molecule has 2 heterocycles. The summed E-state index contributed by atoms with van der Waals surface area (Å²) in [6, 6.07) is 5.00. The minimum Gasteiger partial charge on any atom is -0.377 e. The zero-order valence-electron chi connectivity index (χ0n) is 24.2. The Labute approximate surface area is 258 Å². The average molecular weight is 683 g/mol. The Kier molecular flexibility index (Phi) is 8.21. The summed E-state index contributed by atoms with van der Waals surface area (Å²) >= 11 is 0. The molecule has 47 heavy (non-hydrogen) atoms. The SMILES string of the molecule is CC(C)c1ccccc1-n1c[n+]2c(n1)CCC2C(O)(c1cc(C(F)(F)F)cc(C(F)(F)F)c1)c1cc(C(F)(F)F)cc(C(F)(F)F)c1. The summed E-state index contributed by atoms with van der Waals surface area (Å²) in [4.78, 5) is 0. The van der Waals surface area contributed by atoms with Gasteiger partial charge in [0.15, 0.2) is 0 Å². The van der Waals surface area contributed by atoms with E-state index in [9.17, 15) is 57.8 Å². The van der Waals surface area contributed by atoms with E-state index in [0.717, 1.165) is 10.1 Å². The molecule has 0 saturated heterocycles. The summed E-state index contributed by atoms with van der Waals surface area (Å²) in [6.07, 6.45) is -20.9. The van der Waals surface area contributed by atoms with Gasteiger partial charge in [0, 0.05) is 11.5 Å². The van der Waals surface area contributed by atoms with Crippen molar-refractivity contribution in [3.63, 3.8) is 0 Å². The summed E-state index contributed by atoms with van der Waals surface area (Å²) < 4.78 is 169. The Hall–Kier alpha value is -4.08. The van der Waals surface area contributed by atoms with Crippen LogP contribution in [0.4, 0.5) is 52.7 Å². The van der Waals surface area contributed by atoms with Crippen LogP contribution in [0.5, 0.6) is 0 Å². The molecular formula is C31H24F12N3O+. The van der Waals surface area contributed by atoms with E-state index in [-0.39, 0.29) is 61.0 Å². The molecule has 4 nitrogen and oxygen atoms in total. The summed E-state index contributed by atoms with van der Waals surface area (Å²) in [5, 5.41) is 16.8. The second kappa shape index (κ2) is 11.3. The minimum atomic E-state index is -5.44. The van der Waals surface area contributed by atoms with Crippen LogP contribution in [0, 0.1) is 0 Å². The van der Waals surface area contributed by atoms with Gasteiger partial charge in [0.25, 0.3) is 5.82 Å². The molecule has 4 aromatic rings. The highest BCUT2D eigenvalue weighted by atomic mass is 19.4. The number of para-hydroxylation sites is 1. The number of hydrogen-bond acceptors (Lipinski definition) is 2. The van der Waals surface area contributed by atoms with Crippen LogP contribution in [0.3, 0.4) is 0 Å². The van der Waals surface area contributed by atoms with E-state index < -0.39 is 69.7 Å². The van der Waals surface area contributed by atoms with Gasteiger partial charge in [-0.25, -0.2) is 4.57 Å². The van der Waals surface area contributed by atoms with Crippen LogP contribution in [0.2, 0.25) is 0 Å². The van der Waals surface area contributed by atoms with Crippen molar-refractivity contribution >= 4 is 0 Å². The molecule has 0 radical (unpaired) electrons. The number of aliphatic hydroxyl groups is 1. The Balaban J connectivity index is 1.84. The molecule has 1 atom stereocenters. The van der Waals surface area contributed by atoms with Gasteiger partial charge in [-0.15, -0.1) is 0 Å². The van der Waals surface area contributed by atoms with Gasteiger partial charge in [-0.2, -0.15) is 52.7 Å². The van der Waals surface area contributed by atoms with Gasteiger partial charge in [0.05, 0.1) is 22.3 Å². The first-order valence-electron chi connectivity index (χ1n) is 13.9. The maximum absolute atomic E-state index is 13.9. The number of alkyl halides is 12. The average Bonchev–Trinajstić information content (AvgIpc) is 3.56. The van der Waals surface area contributed by atoms with E-state index in [0.29, 0.717) is 5.69 Å².